The summed E-state index contributed by atoms with van der Waals surface area (Å²) >= 11 is 0. The van der Waals surface area contributed by atoms with Gasteiger partial charge in [-0.1, -0.05) is 84.9 Å². The second kappa shape index (κ2) is 7.23. The highest BCUT2D eigenvalue weighted by molar-refractivity contribution is 7.03. The van der Waals surface area contributed by atoms with Crippen LogP contribution in [0.1, 0.15) is 0 Å². The Morgan fingerprint density at radius 3 is 2.12 bits per heavy atom. The van der Waals surface area contributed by atoms with E-state index < -0.39 is 0 Å². The molecule has 0 radical (unpaired) electrons. The molecular weight excluding hydrogens is 511 g/mol. The zero-order valence-electron chi connectivity index (χ0n) is 22.5. The summed E-state index contributed by atoms with van der Waals surface area (Å²) in [6, 6.07) is 46.4. The zero-order valence-corrected chi connectivity index (χ0v) is 22.5. The molecule has 11 rings (SSSR count). The fourth-order valence-electron chi connectivity index (χ4n) is 8.16. The number of hydrogen-bond acceptors (Lipinski definition) is 1. The Hall–Kier alpha value is -5.48. The quantitative estimate of drug-likeness (QED) is 0.202. The van der Waals surface area contributed by atoms with Crippen LogP contribution in [0, 0.1) is 0 Å². The molecule has 9 aromatic rings. The molecule has 2 aliphatic rings. The Morgan fingerprint density at radius 1 is 0.500 bits per heavy atom. The summed E-state index contributed by atoms with van der Waals surface area (Å²) in [6.45, 7) is 0.103. The second-order valence-electron chi connectivity index (χ2n) is 11.7. The number of furan rings is 1. The lowest BCUT2D eigenvalue weighted by Gasteiger charge is -2.24. The van der Waals surface area contributed by atoms with Gasteiger partial charge in [0.15, 0.2) is 0 Å². The predicted molar refractivity (Wildman–Crippen MR) is 175 cm³/mol. The van der Waals surface area contributed by atoms with Crippen molar-refractivity contribution in [1.29, 1.82) is 0 Å². The van der Waals surface area contributed by atoms with Crippen LogP contribution < -0.4 is 16.4 Å². The number of benzene rings is 6. The van der Waals surface area contributed by atoms with Crippen molar-refractivity contribution in [2.75, 3.05) is 0 Å². The van der Waals surface area contributed by atoms with Crippen LogP contribution >= 0.6 is 0 Å². The first-order valence-corrected chi connectivity index (χ1v) is 14.6. The topological polar surface area (TPSA) is 22.5 Å². The standard InChI is InChI=1S/C38H21BN2O/c1-2-10-22(11-3-1)23-20-27-24-18-19-33-34(26-13-5-9-17-32(26)42-33)36(24)39-35(27)31(21-23)41-30-16-8-7-15-29(30)40-28-14-6-4-12-25(28)37(39)38(40)41/h1-21H. The molecule has 0 N–H and O–H groups in total. The van der Waals surface area contributed by atoms with E-state index in [1.54, 1.807) is 0 Å². The summed E-state index contributed by atoms with van der Waals surface area (Å²) in [5, 5.41) is 3.75. The highest BCUT2D eigenvalue weighted by atomic mass is 16.3. The molecule has 0 saturated carbocycles. The monoisotopic (exact) mass is 532 g/mol. The van der Waals surface area contributed by atoms with Crippen molar-refractivity contribution in [2.45, 2.75) is 0 Å². The number of aromatic nitrogens is 2. The van der Waals surface area contributed by atoms with Crippen molar-refractivity contribution in [2.24, 2.45) is 0 Å². The summed E-state index contributed by atoms with van der Waals surface area (Å²) in [4.78, 5) is 0. The Morgan fingerprint density at radius 2 is 1.24 bits per heavy atom. The molecular formula is C38H21BN2O. The Bertz CT molecular complexity index is 2640. The molecule has 3 nitrogen and oxygen atoms in total. The van der Waals surface area contributed by atoms with Crippen molar-refractivity contribution >= 4 is 72.6 Å². The van der Waals surface area contributed by atoms with Crippen LogP contribution in [0.25, 0.3) is 77.5 Å². The van der Waals surface area contributed by atoms with Gasteiger partial charge in [-0.2, -0.15) is 0 Å². The van der Waals surface area contributed by atoms with Gasteiger partial charge in [0.1, 0.15) is 16.8 Å². The van der Waals surface area contributed by atoms with Crippen LogP contribution in [-0.2, 0) is 0 Å². The average molecular weight is 532 g/mol. The van der Waals surface area contributed by atoms with Crippen LogP contribution in [0.3, 0.4) is 0 Å². The minimum atomic E-state index is 0.103. The zero-order chi connectivity index (χ0) is 27.1. The molecule has 0 saturated heterocycles. The number of hydrogen-bond donors (Lipinski definition) is 0. The molecule has 0 amide bonds. The van der Waals surface area contributed by atoms with Crippen molar-refractivity contribution in [1.82, 2.24) is 8.97 Å². The van der Waals surface area contributed by atoms with Crippen LogP contribution in [0.5, 0.6) is 0 Å². The van der Waals surface area contributed by atoms with Crippen LogP contribution in [0.4, 0.5) is 0 Å². The van der Waals surface area contributed by atoms with E-state index in [2.05, 4.69) is 136 Å². The first kappa shape index (κ1) is 21.3. The second-order valence-corrected chi connectivity index (χ2v) is 11.7. The Labute approximate surface area is 240 Å². The number of fused-ring (bicyclic) bond motifs is 15. The van der Waals surface area contributed by atoms with Crippen molar-refractivity contribution in [3.63, 3.8) is 0 Å². The summed E-state index contributed by atoms with van der Waals surface area (Å²) < 4.78 is 11.5. The minimum absolute atomic E-state index is 0.103. The molecule has 192 valence electrons. The third-order valence-corrected chi connectivity index (χ3v) is 9.71. The van der Waals surface area contributed by atoms with Gasteiger partial charge in [-0.05, 0) is 86.5 Å². The third kappa shape index (κ3) is 2.35. The third-order valence-electron chi connectivity index (χ3n) is 9.71. The van der Waals surface area contributed by atoms with Crippen LogP contribution in [-0.4, -0.2) is 15.7 Å². The maximum atomic E-state index is 6.46. The van der Waals surface area contributed by atoms with E-state index in [0.29, 0.717) is 0 Å². The molecule has 4 heteroatoms. The molecule has 0 unspecified atom stereocenters. The average Bonchev–Trinajstić information content (AvgIpc) is 3.78. The smallest absolute Gasteiger partial charge is 0.252 e. The largest absolute Gasteiger partial charge is 0.456 e. The first-order chi connectivity index (χ1) is 20.9. The van der Waals surface area contributed by atoms with Gasteiger partial charge in [-0.25, -0.2) is 0 Å². The van der Waals surface area contributed by atoms with E-state index >= 15 is 0 Å². The van der Waals surface area contributed by atoms with Gasteiger partial charge >= 0.3 is 0 Å². The maximum absolute atomic E-state index is 6.46. The van der Waals surface area contributed by atoms with E-state index in [1.807, 2.05) is 0 Å². The molecule has 0 aliphatic carbocycles. The predicted octanol–water partition coefficient (Wildman–Crippen LogP) is 7.41. The maximum Gasteiger partial charge on any atom is 0.252 e. The van der Waals surface area contributed by atoms with E-state index in [9.17, 15) is 0 Å². The lowest BCUT2D eigenvalue weighted by molar-refractivity contribution is 0.669. The normalized spacial score (nSPS) is 13.2. The lowest BCUT2D eigenvalue weighted by atomic mass is 9.37. The first-order valence-electron chi connectivity index (χ1n) is 14.6. The fourth-order valence-corrected chi connectivity index (χ4v) is 8.16. The highest BCUT2D eigenvalue weighted by Gasteiger charge is 2.45. The van der Waals surface area contributed by atoms with Crippen LogP contribution in [0.15, 0.2) is 132 Å². The van der Waals surface area contributed by atoms with Crippen molar-refractivity contribution in [3.8, 4) is 27.9 Å². The van der Waals surface area contributed by atoms with E-state index in [0.717, 1.165) is 11.2 Å². The molecule has 0 bridgehead atoms. The van der Waals surface area contributed by atoms with Gasteiger partial charge in [0.25, 0.3) is 6.71 Å². The van der Waals surface area contributed by atoms with Crippen LogP contribution in [0.2, 0.25) is 0 Å². The van der Waals surface area contributed by atoms with E-state index in [-0.39, 0.29) is 6.71 Å². The fraction of sp³-hybridized carbons (Fsp3) is 0. The summed E-state index contributed by atoms with van der Waals surface area (Å²) in [5.41, 5.74) is 17.4. The molecule has 3 aromatic heterocycles. The Kier molecular flexibility index (Phi) is 3.67. The van der Waals surface area contributed by atoms with Gasteiger partial charge < -0.3 is 4.42 Å². The molecule has 42 heavy (non-hydrogen) atoms. The molecule has 5 heterocycles. The summed E-state index contributed by atoms with van der Waals surface area (Å²) in [7, 11) is 0. The molecule has 2 aliphatic heterocycles. The number of rotatable bonds is 1. The van der Waals surface area contributed by atoms with E-state index in [4.69, 9.17) is 4.42 Å². The molecule has 6 aromatic carbocycles. The van der Waals surface area contributed by atoms with Gasteiger partial charge in [0.05, 0.1) is 16.6 Å². The SMILES string of the molecule is c1ccc(-c2cc3c4c(c2)-n2c5ccccc5n5c6ccccc6c(c25)B4c2c-3ccc3oc4ccccc4c23)cc1. The van der Waals surface area contributed by atoms with Gasteiger partial charge in [-0.15, -0.1) is 0 Å². The van der Waals surface area contributed by atoms with Crippen molar-refractivity contribution in [3.05, 3.63) is 127 Å². The number of para-hydroxylation sites is 4. The number of nitrogens with zero attached hydrogens (tertiary/aromatic N) is 2. The van der Waals surface area contributed by atoms with E-state index in [1.165, 1.54) is 82.7 Å². The lowest BCUT2D eigenvalue weighted by Crippen LogP contribution is -2.53. The van der Waals surface area contributed by atoms with Crippen molar-refractivity contribution < 1.29 is 4.42 Å². The van der Waals surface area contributed by atoms with Gasteiger partial charge in [0, 0.05) is 16.5 Å². The van der Waals surface area contributed by atoms with Gasteiger partial charge in [0.2, 0.25) is 0 Å². The molecule has 0 fully saturated rings. The van der Waals surface area contributed by atoms with Gasteiger partial charge in [-0.3, -0.25) is 8.97 Å². The molecule has 0 atom stereocenters. The summed E-state index contributed by atoms with van der Waals surface area (Å²) in [5.74, 6) is 0. The minimum Gasteiger partial charge on any atom is -0.456 e. The summed E-state index contributed by atoms with van der Waals surface area (Å²) in [6.07, 6.45) is 0. The Balaban J connectivity index is 1.41. The number of imidazole rings is 1. The molecule has 0 spiro atoms. The highest BCUT2D eigenvalue weighted by Crippen LogP contribution is 2.41.